The Bertz CT molecular complexity index is 1190. The average Bonchev–Trinajstić information content (AvgIpc) is 3.52. The molecule has 1 aromatic heterocycles. The molecule has 0 saturated carbocycles. The van der Waals surface area contributed by atoms with E-state index in [-0.39, 0.29) is 23.0 Å². The van der Waals surface area contributed by atoms with Crippen molar-refractivity contribution in [1.29, 1.82) is 0 Å². The van der Waals surface area contributed by atoms with Crippen molar-refractivity contribution >= 4 is 15.9 Å². The Morgan fingerprint density at radius 3 is 2.45 bits per heavy atom. The van der Waals surface area contributed by atoms with Crippen molar-refractivity contribution in [3.63, 3.8) is 0 Å². The molecule has 1 amide bonds. The maximum Gasteiger partial charge on any atom is 0.243 e. The van der Waals surface area contributed by atoms with E-state index in [2.05, 4.69) is 15.5 Å². The molecule has 0 spiro atoms. The molecule has 2 aromatic carbocycles. The van der Waals surface area contributed by atoms with Crippen LogP contribution in [0.3, 0.4) is 0 Å². The standard InChI is InChI=1S/C23H25FN4O4S/c24-19-10-8-18(9-11-19)23-26-22(32-27-23)5-3-4-21(29)25-16-17-6-12-20(13-7-17)33(30,31)28-14-1-2-15-28/h6-13H,1-5,14-16H2,(H,25,29). The number of aryl methyl sites for hydroxylation is 1. The summed E-state index contributed by atoms with van der Waals surface area (Å²) < 4.78 is 44.9. The molecule has 1 saturated heterocycles. The van der Waals surface area contributed by atoms with Crippen molar-refractivity contribution in [3.05, 3.63) is 65.8 Å². The smallest absolute Gasteiger partial charge is 0.243 e. The van der Waals surface area contributed by atoms with Crippen molar-refractivity contribution < 1.29 is 22.1 Å². The molecular weight excluding hydrogens is 447 g/mol. The number of nitrogens with one attached hydrogen (secondary N) is 1. The van der Waals surface area contributed by atoms with Crippen LogP contribution in [0, 0.1) is 5.82 Å². The van der Waals surface area contributed by atoms with Gasteiger partial charge in [0, 0.05) is 38.0 Å². The van der Waals surface area contributed by atoms with Gasteiger partial charge in [-0.25, -0.2) is 12.8 Å². The molecule has 10 heteroatoms. The summed E-state index contributed by atoms with van der Waals surface area (Å²) in [6, 6.07) is 12.4. The second-order valence-corrected chi connectivity index (χ2v) is 9.84. The molecule has 8 nitrogen and oxygen atoms in total. The molecule has 2 heterocycles. The molecule has 174 valence electrons. The highest BCUT2D eigenvalue weighted by molar-refractivity contribution is 7.89. The van der Waals surface area contributed by atoms with Crippen LogP contribution in [0.15, 0.2) is 57.9 Å². The Morgan fingerprint density at radius 2 is 1.76 bits per heavy atom. The zero-order valence-corrected chi connectivity index (χ0v) is 18.9. The minimum Gasteiger partial charge on any atom is -0.352 e. The first kappa shape index (κ1) is 23.1. The lowest BCUT2D eigenvalue weighted by molar-refractivity contribution is -0.121. The number of rotatable bonds is 9. The van der Waals surface area contributed by atoms with Gasteiger partial charge in [-0.1, -0.05) is 17.3 Å². The number of sulfonamides is 1. The molecule has 0 bridgehead atoms. The Labute approximate surface area is 191 Å². The van der Waals surface area contributed by atoms with Crippen LogP contribution < -0.4 is 5.32 Å². The molecule has 1 N–H and O–H groups in total. The largest absolute Gasteiger partial charge is 0.352 e. The zero-order valence-electron chi connectivity index (χ0n) is 18.0. The Kier molecular flexibility index (Phi) is 7.14. The lowest BCUT2D eigenvalue weighted by atomic mass is 10.2. The number of benzene rings is 2. The maximum absolute atomic E-state index is 13.0. The number of hydrogen-bond donors (Lipinski definition) is 1. The fourth-order valence-corrected chi connectivity index (χ4v) is 5.14. The predicted molar refractivity (Wildman–Crippen MR) is 119 cm³/mol. The summed E-state index contributed by atoms with van der Waals surface area (Å²) >= 11 is 0. The third-order valence-electron chi connectivity index (χ3n) is 5.48. The van der Waals surface area contributed by atoms with E-state index in [9.17, 15) is 17.6 Å². The highest BCUT2D eigenvalue weighted by Crippen LogP contribution is 2.21. The van der Waals surface area contributed by atoms with E-state index in [4.69, 9.17) is 4.52 Å². The molecule has 4 rings (SSSR count). The lowest BCUT2D eigenvalue weighted by Gasteiger charge is -2.15. The summed E-state index contributed by atoms with van der Waals surface area (Å²) in [5.41, 5.74) is 1.48. The van der Waals surface area contributed by atoms with Gasteiger partial charge < -0.3 is 9.84 Å². The minimum atomic E-state index is -3.43. The monoisotopic (exact) mass is 472 g/mol. The first-order valence-electron chi connectivity index (χ1n) is 10.9. The average molecular weight is 473 g/mol. The van der Waals surface area contributed by atoms with Crippen molar-refractivity contribution in [3.8, 4) is 11.4 Å². The molecule has 0 unspecified atom stereocenters. The van der Waals surface area contributed by atoms with E-state index < -0.39 is 10.0 Å². The fourth-order valence-electron chi connectivity index (χ4n) is 3.62. The van der Waals surface area contributed by atoms with Crippen LogP contribution in [0.5, 0.6) is 0 Å². The van der Waals surface area contributed by atoms with Gasteiger partial charge in [0.1, 0.15) is 5.82 Å². The van der Waals surface area contributed by atoms with Gasteiger partial charge in [0.15, 0.2) is 0 Å². The van der Waals surface area contributed by atoms with E-state index in [1.165, 1.54) is 16.4 Å². The van der Waals surface area contributed by atoms with Crippen LogP contribution in [-0.4, -0.2) is 41.9 Å². The first-order chi connectivity index (χ1) is 15.9. The van der Waals surface area contributed by atoms with Crippen LogP contribution in [0.2, 0.25) is 0 Å². The number of halogens is 1. The van der Waals surface area contributed by atoms with Gasteiger partial charge in [0.05, 0.1) is 4.90 Å². The van der Waals surface area contributed by atoms with Crippen LogP contribution >= 0.6 is 0 Å². The minimum absolute atomic E-state index is 0.123. The van der Waals surface area contributed by atoms with Crippen LogP contribution in [0.25, 0.3) is 11.4 Å². The van der Waals surface area contributed by atoms with Crippen molar-refractivity contribution in [1.82, 2.24) is 19.8 Å². The van der Waals surface area contributed by atoms with E-state index in [1.54, 1.807) is 36.4 Å². The van der Waals surface area contributed by atoms with Crippen molar-refractivity contribution in [2.24, 2.45) is 0 Å². The SMILES string of the molecule is O=C(CCCc1nc(-c2ccc(F)cc2)no1)NCc1ccc(S(=O)(=O)N2CCCC2)cc1. The topological polar surface area (TPSA) is 105 Å². The molecule has 1 fully saturated rings. The Hall–Kier alpha value is -3.11. The van der Waals surface area contributed by atoms with Crippen molar-refractivity contribution in [2.45, 2.75) is 43.5 Å². The second kappa shape index (κ2) is 10.2. The summed E-state index contributed by atoms with van der Waals surface area (Å²) in [5, 5.41) is 6.72. The molecule has 3 aromatic rings. The molecule has 0 radical (unpaired) electrons. The number of aromatic nitrogens is 2. The zero-order chi connectivity index (χ0) is 23.3. The molecule has 0 aliphatic carbocycles. The van der Waals surface area contributed by atoms with Gasteiger partial charge >= 0.3 is 0 Å². The summed E-state index contributed by atoms with van der Waals surface area (Å²) in [7, 11) is -3.43. The van der Waals surface area contributed by atoms with Gasteiger partial charge in [-0.2, -0.15) is 9.29 Å². The predicted octanol–water partition coefficient (Wildman–Crippen LogP) is 3.30. The van der Waals surface area contributed by atoms with E-state index in [0.29, 0.717) is 49.8 Å². The molecule has 0 atom stereocenters. The second-order valence-electron chi connectivity index (χ2n) is 7.90. The number of carbonyl (C=O) groups excluding carboxylic acids is 1. The molecule has 1 aliphatic rings. The van der Waals surface area contributed by atoms with Gasteiger partial charge in [-0.15, -0.1) is 0 Å². The van der Waals surface area contributed by atoms with E-state index in [0.717, 1.165) is 18.4 Å². The summed E-state index contributed by atoms with van der Waals surface area (Å²) in [5.74, 6) is 0.333. The molecule has 33 heavy (non-hydrogen) atoms. The normalized spacial score (nSPS) is 14.5. The highest BCUT2D eigenvalue weighted by Gasteiger charge is 2.26. The van der Waals surface area contributed by atoms with Gasteiger partial charge in [0.2, 0.25) is 27.6 Å². The third-order valence-corrected chi connectivity index (χ3v) is 7.39. The highest BCUT2D eigenvalue weighted by atomic mass is 32.2. The van der Waals surface area contributed by atoms with Crippen LogP contribution in [0.4, 0.5) is 4.39 Å². The number of amides is 1. The van der Waals surface area contributed by atoms with Gasteiger partial charge in [0.25, 0.3) is 0 Å². The molecule has 1 aliphatic heterocycles. The van der Waals surface area contributed by atoms with E-state index in [1.807, 2.05) is 0 Å². The first-order valence-corrected chi connectivity index (χ1v) is 12.3. The summed E-state index contributed by atoms with van der Waals surface area (Å²) in [4.78, 5) is 16.7. The van der Waals surface area contributed by atoms with E-state index >= 15 is 0 Å². The van der Waals surface area contributed by atoms with Crippen LogP contribution in [-0.2, 0) is 27.8 Å². The number of hydrogen-bond acceptors (Lipinski definition) is 6. The quantitative estimate of drug-likeness (QED) is 0.512. The van der Waals surface area contributed by atoms with Gasteiger partial charge in [-0.05, 0) is 61.2 Å². The third kappa shape index (κ3) is 5.82. The lowest BCUT2D eigenvalue weighted by Crippen LogP contribution is -2.27. The summed E-state index contributed by atoms with van der Waals surface area (Å²) in [6.07, 6.45) is 3.06. The van der Waals surface area contributed by atoms with Gasteiger partial charge in [-0.3, -0.25) is 4.79 Å². The Morgan fingerprint density at radius 1 is 1.06 bits per heavy atom. The maximum atomic E-state index is 13.0. The Balaban J connectivity index is 1.21. The van der Waals surface area contributed by atoms with Crippen molar-refractivity contribution in [2.75, 3.05) is 13.1 Å². The number of carbonyl (C=O) groups is 1. The number of nitrogens with zero attached hydrogens (tertiary/aromatic N) is 3. The summed E-state index contributed by atoms with van der Waals surface area (Å²) in [6.45, 7) is 1.45. The molecular formula is C23H25FN4O4S. The fraction of sp³-hybridized carbons (Fsp3) is 0.348. The van der Waals surface area contributed by atoms with Crippen LogP contribution in [0.1, 0.15) is 37.1 Å².